The molecule has 0 radical (unpaired) electrons. The summed E-state index contributed by atoms with van der Waals surface area (Å²) in [5.41, 5.74) is 2.10. The maximum absolute atomic E-state index is 9.71. The topological polar surface area (TPSA) is 35.5 Å². The van der Waals surface area contributed by atoms with Crippen molar-refractivity contribution in [3.63, 3.8) is 0 Å². The third kappa shape index (κ3) is 4.60. The Balaban J connectivity index is 2.76. The zero-order chi connectivity index (χ0) is 14.5. The number of aliphatic hydroxyl groups excluding tert-OH is 1. The van der Waals surface area contributed by atoms with Gasteiger partial charge in [-0.05, 0) is 38.1 Å². The van der Waals surface area contributed by atoms with E-state index in [1.165, 1.54) is 5.56 Å². The number of nitrogens with zero attached hydrogens (tertiary/aromatic N) is 1. The average molecular weight is 264 g/mol. The molecule has 0 aliphatic heterocycles. The van der Waals surface area contributed by atoms with Gasteiger partial charge in [0.2, 0.25) is 0 Å². The molecule has 108 valence electrons. The van der Waals surface area contributed by atoms with Gasteiger partial charge in [0.05, 0.1) is 12.1 Å². The Morgan fingerprint density at radius 2 is 1.79 bits per heavy atom. The number of rotatable bonds is 7. The monoisotopic (exact) mass is 264 g/mol. The second kappa shape index (κ2) is 7.04. The van der Waals surface area contributed by atoms with Crippen LogP contribution in [0, 0.1) is 0 Å². The lowest BCUT2D eigenvalue weighted by molar-refractivity contribution is 0.172. The molecule has 1 unspecified atom stereocenters. The molecule has 0 spiro atoms. The summed E-state index contributed by atoms with van der Waals surface area (Å²) in [6, 6.07) is 8.55. The largest absolute Gasteiger partial charge is 0.394 e. The van der Waals surface area contributed by atoms with E-state index >= 15 is 0 Å². The minimum Gasteiger partial charge on any atom is -0.394 e. The predicted molar refractivity (Wildman–Crippen MR) is 81.5 cm³/mol. The Kier molecular flexibility index (Phi) is 5.98. The van der Waals surface area contributed by atoms with E-state index in [0.29, 0.717) is 5.92 Å². The van der Waals surface area contributed by atoms with E-state index in [1.54, 1.807) is 0 Å². The smallest absolute Gasteiger partial charge is 0.0652 e. The van der Waals surface area contributed by atoms with E-state index in [0.717, 1.165) is 18.7 Å². The fraction of sp³-hybridized carbons (Fsp3) is 0.625. The van der Waals surface area contributed by atoms with Gasteiger partial charge >= 0.3 is 0 Å². The third-order valence-electron chi connectivity index (χ3n) is 3.60. The second-order valence-electron chi connectivity index (χ2n) is 6.00. The summed E-state index contributed by atoms with van der Waals surface area (Å²) < 4.78 is 0. The van der Waals surface area contributed by atoms with Crippen LogP contribution in [0.15, 0.2) is 24.3 Å². The normalized spacial score (nSPS) is 14.9. The lowest BCUT2D eigenvalue weighted by Crippen LogP contribution is -2.45. The van der Waals surface area contributed by atoms with E-state index in [-0.39, 0.29) is 12.1 Å². The van der Waals surface area contributed by atoms with Gasteiger partial charge < -0.3 is 15.3 Å². The first-order valence-electron chi connectivity index (χ1n) is 7.00. The minimum absolute atomic E-state index is 0.0987. The molecule has 19 heavy (non-hydrogen) atoms. The Labute approximate surface area is 117 Å². The number of aliphatic hydroxyl groups is 1. The third-order valence-corrected chi connectivity index (χ3v) is 3.60. The van der Waals surface area contributed by atoms with Crippen molar-refractivity contribution in [2.75, 3.05) is 33.8 Å². The molecule has 0 saturated carbocycles. The van der Waals surface area contributed by atoms with Crippen LogP contribution in [0.4, 0.5) is 0 Å². The molecule has 0 heterocycles. The molecule has 0 aliphatic carbocycles. The predicted octanol–water partition coefficient (Wildman–Crippen LogP) is 2.17. The highest BCUT2D eigenvalue weighted by Gasteiger charge is 2.24. The van der Waals surface area contributed by atoms with Crippen molar-refractivity contribution in [1.29, 1.82) is 0 Å². The van der Waals surface area contributed by atoms with Crippen molar-refractivity contribution in [3.05, 3.63) is 35.4 Å². The van der Waals surface area contributed by atoms with Gasteiger partial charge in [-0.3, -0.25) is 0 Å². The van der Waals surface area contributed by atoms with Crippen LogP contribution in [-0.4, -0.2) is 43.8 Å². The fourth-order valence-corrected chi connectivity index (χ4v) is 2.04. The molecule has 3 heteroatoms. The quantitative estimate of drug-likeness (QED) is 0.792. The summed E-state index contributed by atoms with van der Waals surface area (Å²) in [4.78, 5) is 2.13. The van der Waals surface area contributed by atoms with Crippen molar-refractivity contribution < 1.29 is 5.11 Å². The van der Waals surface area contributed by atoms with Gasteiger partial charge in [0.15, 0.2) is 0 Å². The van der Waals surface area contributed by atoms with E-state index in [1.807, 2.05) is 6.92 Å². The maximum atomic E-state index is 9.71. The molecular formula is C16H28N2O. The van der Waals surface area contributed by atoms with Crippen molar-refractivity contribution in [3.8, 4) is 0 Å². The van der Waals surface area contributed by atoms with Crippen molar-refractivity contribution >= 4 is 0 Å². The molecule has 3 nitrogen and oxygen atoms in total. The molecule has 0 saturated heterocycles. The molecular weight excluding hydrogens is 236 g/mol. The van der Waals surface area contributed by atoms with Crippen LogP contribution in [0.2, 0.25) is 0 Å². The molecule has 0 aliphatic rings. The molecule has 0 bridgehead atoms. The van der Waals surface area contributed by atoms with Crippen LogP contribution in [0.1, 0.15) is 37.8 Å². The van der Waals surface area contributed by atoms with Crippen LogP contribution in [-0.2, 0) is 5.54 Å². The van der Waals surface area contributed by atoms with Crippen molar-refractivity contribution in [2.24, 2.45) is 0 Å². The van der Waals surface area contributed by atoms with Crippen LogP contribution in [0.5, 0.6) is 0 Å². The summed E-state index contributed by atoms with van der Waals surface area (Å²) in [6.45, 7) is 8.34. The summed E-state index contributed by atoms with van der Waals surface area (Å²) in [5, 5.41) is 13.2. The van der Waals surface area contributed by atoms with Crippen LogP contribution in [0.25, 0.3) is 0 Å². The Bertz CT molecular complexity index is 373. The molecule has 0 aromatic heterocycles. The van der Waals surface area contributed by atoms with Gasteiger partial charge in [0, 0.05) is 13.1 Å². The van der Waals surface area contributed by atoms with Crippen LogP contribution in [0.3, 0.4) is 0 Å². The van der Waals surface area contributed by atoms with Gasteiger partial charge in [-0.25, -0.2) is 0 Å². The van der Waals surface area contributed by atoms with Crippen molar-refractivity contribution in [2.45, 2.75) is 32.2 Å². The highest BCUT2D eigenvalue weighted by atomic mass is 16.3. The molecule has 0 amide bonds. The Morgan fingerprint density at radius 1 is 1.21 bits per heavy atom. The van der Waals surface area contributed by atoms with Crippen LogP contribution < -0.4 is 5.32 Å². The standard InChI is InChI=1S/C16H28N2O/c1-13(2)14-6-8-15(9-7-14)16(3,12-19)17-10-11-18(4)5/h6-9,13,17,19H,10-12H2,1-5H3. The lowest BCUT2D eigenvalue weighted by Gasteiger charge is -2.30. The number of hydrogen-bond donors (Lipinski definition) is 2. The van der Waals surface area contributed by atoms with Gasteiger partial charge in [-0.2, -0.15) is 0 Å². The SMILES string of the molecule is CC(C)c1ccc(C(C)(CO)NCCN(C)C)cc1. The molecule has 1 aromatic rings. The highest BCUT2D eigenvalue weighted by Crippen LogP contribution is 2.23. The highest BCUT2D eigenvalue weighted by molar-refractivity contribution is 5.29. The number of likely N-dealkylation sites (N-methyl/N-ethyl adjacent to an activating group) is 1. The van der Waals surface area contributed by atoms with Gasteiger partial charge in [0.1, 0.15) is 0 Å². The fourth-order valence-electron chi connectivity index (χ4n) is 2.04. The molecule has 1 atom stereocenters. The van der Waals surface area contributed by atoms with E-state index < -0.39 is 0 Å². The zero-order valence-corrected chi connectivity index (χ0v) is 12.9. The first-order valence-corrected chi connectivity index (χ1v) is 7.00. The van der Waals surface area contributed by atoms with E-state index in [4.69, 9.17) is 0 Å². The summed E-state index contributed by atoms with van der Waals surface area (Å²) >= 11 is 0. The van der Waals surface area contributed by atoms with E-state index in [2.05, 4.69) is 62.4 Å². The maximum Gasteiger partial charge on any atom is 0.0652 e. The zero-order valence-electron chi connectivity index (χ0n) is 12.9. The van der Waals surface area contributed by atoms with E-state index in [9.17, 15) is 5.11 Å². The minimum atomic E-state index is -0.370. The number of hydrogen-bond acceptors (Lipinski definition) is 3. The van der Waals surface area contributed by atoms with Gasteiger partial charge in [0.25, 0.3) is 0 Å². The van der Waals surface area contributed by atoms with Gasteiger partial charge in [-0.1, -0.05) is 38.1 Å². The first kappa shape index (κ1) is 16.2. The molecule has 0 fully saturated rings. The van der Waals surface area contributed by atoms with Gasteiger partial charge in [-0.15, -0.1) is 0 Å². The Morgan fingerprint density at radius 3 is 2.21 bits per heavy atom. The second-order valence-corrected chi connectivity index (χ2v) is 6.00. The first-order chi connectivity index (χ1) is 8.89. The number of benzene rings is 1. The molecule has 1 aromatic carbocycles. The van der Waals surface area contributed by atoms with Crippen LogP contribution >= 0.6 is 0 Å². The molecule has 2 N–H and O–H groups in total. The summed E-state index contributed by atoms with van der Waals surface area (Å²) in [6.07, 6.45) is 0. The average Bonchev–Trinajstić information content (AvgIpc) is 2.38. The van der Waals surface area contributed by atoms with Crippen molar-refractivity contribution in [1.82, 2.24) is 10.2 Å². The number of nitrogens with one attached hydrogen (secondary N) is 1. The lowest BCUT2D eigenvalue weighted by atomic mass is 9.90. The summed E-state index contributed by atoms with van der Waals surface area (Å²) in [7, 11) is 4.10. The molecule has 1 rings (SSSR count). The summed E-state index contributed by atoms with van der Waals surface area (Å²) in [5.74, 6) is 0.538. The Hall–Kier alpha value is -0.900.